The molecule has 0 unspecified atom stereocenters. The second-order valence-corrected chi connectivity index (χ2v) is 5.82. The third-order valence-electron chi connectivity index (χ3n) is 3.34. The fraction of sp³-hybridized carbons (Fsp3) is 0.769. The van der Waals surface area contributed by atoms with Crippen LogP contribution in [0, 0.1) is 0 Å². The monoisotopic (exact) mass is 238 g/mol. The second-order valence-electron chi connectivity index (χ2n) is 5.82. The first-order valence-corrected chi connectivity index (χ1v) is 6.31. The summed E-state index contributed by atoms with van der Waals surface area (Å²) in [5.74, 6) is 1.68. The Morgan fingerprint density at radius 2 is 2.29 bits per heavy atom. The lowest BCUT2D eigenvalue weighted by molar-refractivity contribution is 0.143. The van der Waals surface area contributed by atoms with Gasteiger partial charge in [0.15, 0.2) is 0 Å². The van der Waals surface area contributed by atoms with E-state index < -0.39 is 0 Å². The molecule has 0 aromatic carbocycles. The molecular weight excluding hydrogens is 216 g/mol. The summed E-state index contributed by atoms with van der Waals surface area (Å²) in [6.07, 6.45) is 4.04. The van der Waals surface area contributed by atoms with Crippen LogP contribution in [-0.4, -0.2) is 34.2 Å². The number of hydrogen-bond donors (Lipinski definition) is 1. The number of hydrogen-bond acceptors (Lipinski definition) is 4. The fourth-order valence-electron chi connectivity index (χ4n) is 2.21. The summed E-state index contributed by atoms with van der Waals surface area (Å²) in [6.45, 7) is 8.31. The molecule has 1 aliphatic heterocycles. The smallest absolute Gasteiger partial charge is 0.208 e. The van der Waals surface area contributed by atoms with Crippen LogP contribution in [0.25, 0.3) is 0 Å². The van der Waals surface area contributed by atoms with E-state index in [2.05, 4.69) is 30.7 Å². The highest BCUT2D eigenvalue weighted by molar-refractivity contribution is 5.06. The zero-order valence-corrected chi connectivity index (χ0v) is 10.9. The standard InChI is InChI=1S/C13H22N2O2/c1-13(2,3)11-7-14-12(17-11)8-15-6-4-5-10(15)9-16/h7,10,16H,4-6,8-9H2,1-3H3/t10-/m1/s1. The van der Waals surface area contributed by atoms with Crippen LogP contribution >= 0.6 is 0 Å². The molecule has 4 nitrogen and oxygen atoms in total. The summed E-state index contributed by atoms with van der Waals surface area (Å²) in [5.41, 5.74) is 0.00659. The summed E-state index contributed by atoms with van der Waals surface area (Å²) in [6, 6.07) is 0.278. The van der Waals surface area contributed by atoms with Gasteiger partial charge in [-0.05, 0) is 19.4 Å². The van der Waals surface area contributed by atoms with E-state index in [1.165, 1.54) is 0 Å². The molecule has 2 heterocycles. The highest BCUT2D eigenvalue weighted by Gasteiger charge is 2.26. The zero-order chi connectivity index (χ0) is 12.5. The highest BCUT2D eigenvalue weighted by Crippen LogP contribution is 2.24. The van der Waals surface area contributed by atoms with E-state index in [0.717, 1.165) is 31.0 Å². The van der Waals surface area contributed by atoms with Gasteiger partial charge in [0.25, 0.3) is 0 Å². The number of oxazole rings is 1. The molecule has 1 aromatic heterocycles. The molecule has 0 aliphatic carbocycles. The summed E-state index contributed by atoms with van der Waals surface area (Å²) >= 11 is 0. The molecule has 0 bridgehead atoms. The van der Waals surface area contributed by atoms with Crippen molar-refractivity contribution in [2.45, 2.75) is 51.6 Å². The molecule has 0 saturated carbocycles. The molecule has 1 saturated heterocycles. The maximum absolute atomic E-state index is 9.26. The number of aromatic nitrogens is 1. The van der Waals surface area contributed by atoms with E-state index in [1.54, 1.807) is 0 Å². The first-order valence-electron chi connectivity index (χ1n) is 6.31. The minimum absolute atomic E-state index is 0.00659. The topological polar surface area (TPSA) is 49.5 Å². The van der Waals surface area contributed by atoms with Crippen molar-refractivity contribution in [2.75, 3.05) is 13.2 Å². The van der Waals surface area contributed by atoms with Crippen LogP contribution in [0.15, 0.2) is 10.6 Å². The van der Waals surface area contributed by atoms with E-state index >= 15 is 0 Å². The number of rotatable bonds is 3. The Morgan fingerprint density at radius 3 is 2.88 bits per heavy atom. The Balaban J connectivity index is 2.02. The molecule has 2 rings (SSSR count). The molecule has 1 N–H and O–H groups in total. The fourth-order valence-corrected chi connectivity index (χ4v) is 2.21. The van der Waals surface area contributed by atoms with Crippen LogP contribution in [0.2, 0.25) is 0 Å². The average molecular weight is 238 g/mol. The largest absolute Gasteiger partial charge is 0.444 e. The molecule has 96 valence electrons. The van der Waals surface area contributed by atoms with Gasteiger partial charge in [0.05, 0.1) is 19.3 Å². The lowest BCUT2D eigenvalue weighted by atomic mass is 9.94. The number of aliphatic hydroxyl groups is 1. The first kappa shape index (κ1) is 12.6. The number of aliphatic hydroxyl groups excluding tert-OH is 1. The number of nitrogens with zero attached hydrogens (tertiary/aromatic N) is 2. The summed E-state index contributed by atoms with van der Waals surface area (Å²) < 4.78 is 5.77. The maximum atomic E-state index is 9.26. The lowest BCUT2D eigenvalue weighted by Gasteiger charge is -2.20. The van der Waals surface area contributed by atoms with Gasteiger partial charge in [-0.1, -0.05) is 20.8 Å². The molecule has 1 aromatic rings. The van der Waals surface area contributed by atoms with Gasteiger partial charge in [-0.3, -0.25) is 4.90 Å². The summed E-state index contributed by atoms with van der Waals surface area (Å²) in [7, 11) is 0. The first-order chi connectivity index (χ1) is 8.00. The summed E-state index contributed by atoms with van der Waals surface area (Å²) in [4.78, 5) is 6.57. The van der Waals surface area contributed by atoms with Crippen LogP contribution in [0.5, 0.6) is 0 Å². The Hall–Kier alpha value is -0.870. The molecular formula is C13H22N2O2. The van der Waals surface area contributed by atoms with E-state index in [-0.39, 0.29) is 18.1 Å². The van der Waals surface area contributed by atoms with Gasteiger partial charge >= 0.3 is 0 Å². The van der Waals surface area contributed by atoms with E-state index in [4.69, 9.17) is 4.42 Å². The van der Waals surface area contributed by atoms with Crippen molar-refractivity contribution >= 4 is 0 Å². The van der Waals surface area contributed by atoms with Crippen molar-refractivity contribution in [3.05, 3.63) is 17.8 Å². The molecule has 0 radical (unpaired) electrons. The van der Waals surface area contributed by atoms with Gasteiger partial charge in [-0.2, -0.15) is 0 Å². The molecule has 0 spiro atoms. The molecule has 1 fully saturated rings. The van der Waals surface area contributed by atoms with Crippen LogP contribution in [0.1, 0.15) is 45.3 Å². The SMILES string of the molecule is CC(C)(C)c1cnc(CN2CCC[C@@H]2CO)o1. The van der Waals surface area contributed by atoms with Gasteiger partial charge in [0.2, 0.25) is 5.89 Å². The Morgan fingerprint density at radius 1 is 1.53 bits per heavy atom. The van der Waals surface area contributed by atoms with Gasteiger partial charge < -0.3 is 9.52 Å². The zero-order valence-electron chi connectivity index (χ0n) is 10.9. The predicted octanol–water partition coefficient (Wildman–Crippen LogP) is 1.93. The van der Waals surface area contributed by atoms with Crippen molar-refractivity contribution < 1.29 is 9.52 Å². The van der Waals surface area contributed by atoms with Gasteiger partial charge in [-0.25, -0.2) is 4.98 Å². The maximum Gasteiger partial charge on any atom is 0.208 e. The van der Waals surface area contributed by atoms with Crippen LogP contribution < -0.4 is 0 Å². The molecule has 1 atom stereocenters. The van der Waals surface area contributed by atoms with E-state index in [9.17, 15) is 5.11 Å². The molecule has 0 amide bonds. The Labute approximate surface area is 103 Å². The van der Waals surface area contributed by atoms with Crippen LogP contribution in [0.3, 0.4) is 0 Å². The van der Waals surface area contributed by atoms with Crippen molar-refractivity contribution in [1.82, 2.24) is 9.88 Å². The van der Waals surface area contributed by atoms with Crippen molar-refractivity contribution in [3.63, 3.8) is 0 Å². The third kappa shape index (κ3) is 2.87. The lowest BCUT2D eigenvalue weighted by Crippen LogP contribution is -2.31. The Kier molecular flexibility index (Phi) is 3.54. The highest BCUT2D eigenvalue weighted by atomic mass is 16.4. The quantitative estimate of drug-likeness (QED) is 0.874. The molecule has 1 aliphatic rings. The van der Waals surface area contributed by atoms with Crippen molar-refractivity contribution in [1.29, 1.82) is 0 Å². The average Bonchev–Trinajstić information content (AvgIpc) is 2.86. The van der Waals surface area contributed by atoms with Crippen molar-refractivity contribution in [2.24, 2.45) is 0 Å². The van der Waals surface area contributed by atoms with Crippen molar-refractivity contribution in [3.8, 4) is 0 Å². The second kappa shape index (κ2) is 4.78. The number of likely N-dealkylation sites (tertiary alicyclic amines) is 1. The van der Waals surface area contributed by atoms with Crippen LogP contribution in [0.4, 0.5) is 0 Å². The van der Waals surface area contributed by atoms with Gasteiger partial charge in [-0.15, -0.1) is 0 Å². The van der Waals surface area contributed by atoms with Gasteiger partial charge in [0.1, 0.15) is 5.76 Å². The van der Waals surface area contributed by atoms with E-state index in [0.29, 0.717) is 6.54 Å². The van der Waals surface area contributed by atoms with Crippen LogP contribution in [-0.2, 0) is 12.0 Å². The van der Waals surface area contributed by atoms with E-state index in [1.807, 2.05) is 6.20 Å². The molecule has 17 heavy (non-hydrogen) atoms. The summed E-state index contributed by atoms with van der Waals surface area (Å²) in [5, 5.41) is 9.26. The van der Waals surface area contributed by atoms with Gasteiger partial charge in [0, 0.05) is 11.5 Å². The molecule has 4 heteroatoms. The minimum Gasteiger partial charge on any atom is -0.444 e. The normalized spacial score (nSPS) is 22.2. The third-order valence-corrected chi connectivity index (χ3v) is 3.34. The Bertz CT molecular complexity index is 368. The minimum atomic E-state index is 0.00659. The predicted molar refractivity (Wildman–Crippen MR) is 65.7 cm³/mol.